The van der Waals surface area contributed by atoms with Crippen LogP contribution in [0.15, 0.2) is 22.4 Å². The first-order valence-corrected chi connectivity index (χ1v) is 7.05. The van der Waals surface area contributed by atoms with Gasteiger partial charge < -0.3 is 10.2 Å². The first-order chi connectivity index (χ1) is 9.28. The highest BCUT2D eigenvalue weighted by molar-refractivity contribution is 6.40. The number of benzene rings is 1. The summed E-state index contributed by atoms with van der Waals surface area (Å²) < 4.78 is 0. The SMILES string of the molecule is CC1(C#N)NC(Cl)=C(Cl)N1Oc1c(Cl)cc(Cl)cc1Cl. The van der Waals surface area contributed by atoms with Crippen LogP contribution in [0.2, 0.25) is 15.1 Å². The van der Waals surface area contributed by atoms with Gasteiger partial charge in [0.25, 0.3) is 0 Å². The number of hydrogen-bond donors (Lipinski definition) is 1. The lowest BCUT2D eigenvalue weighted by Crippen LogP contribution is -2.50. The van der Waals surface area contributed by atoms with E-state index in [2.05, 4.69) is 5.32 Å². The highest BCUT2D eigenvalue weighted by Crippen LogP contribution is 2.40. The Labute approximate surface area is 140 Å². The fourth-order valence-corrected chi connectivity index (χ4v) is 2.91. The number of nitrogens with one attached hydrogen (secondary N) is 1. The Hall–Kier alpha value is -0.700. The highest BCUT2D eigenvalue weighted by Gasteiger charge is 2.43. The van der Waals surface area contributed by atoms with Crippen LogP contribution < -0.4 is 10.2 Å². The predicted molar refractivity (Wildman–Crippen MR) is 79.8 cm³/mol. The summed E-state index contributed by atoms with van der Waals surface area (Å²) in [5.41, 5.74) is -1.29. The van der Waals surface area contributed by atoms with E-state index in [9.17, 15) is 5.26 Å². The van der Waals surface area contributed by atoms with Gasteiger partial charge in [0.1, 0.15) is 11.2 Å². The van der Waals surface area contributed by atoms with Crippen LogP contribution in [-0.2, 0) is 0 Å². The van der Waals surface area contributed by atoms with E-state index in [1.807, 2.05) is 6.07 Å². The van der Waals surface area contributed by atoms with Crippen molar-refractivity contribution in [3.8, 4) is 11.8 Å². The van der Waals surface area contributed by atoms with Crippen molar-refractivity contribution in [3.05, 3.63) is 37.5 Å². The quantitative estimate of drug-likeness (QED) is 0.764. The number of nitriles is 1. The molecule has 0 saturated heterocycles. The minimum atomic E-state index is -1.29. The van der Waals surface area contributed by atoms with E-state index in [1.165, 1.54) is 19.1 Å². The molecule has 1 aliphatic heterocycles. The Balaban J connectivity index is 2.41. The molecule has 1 aromatic rings. The van der Waals surface area contributed by atoms with Crippen molar-refractivity contribution >= 4 is 58.0 Å². The molecule has 1 aliphatic rings. The van der Waals surface area contributed by atoms with Crippen LogP contribution in [0.4, 0.5) is 0 Å². The Morgan fingerprint density at radius 2 is 1.75 bits per heavy atom. The van der Waals surface area contributed by atoms with Crippen molar-refractivity contribution in [2.45, 2.75) is 12.6 Å². The summed E-state index contributed by atoms with van der Waals surface area (Å²) in [6, 6.07) is 4.90. The van der Waals surface area contributed by atoms with Crippen LogP contribution in [0.1, 0.15) is 6.92 Å². The Morgan fingerprint density at radius 3 is 2.25 bits per heavy atom. The third kappa shape index (κ3) is 2.69. The third-order valence-corrected chi connectivity index (χ3v) is 3.97. The van der Waals surface area contributed by atoms with Crippen LogP contribution >= 0.6 is 58.0 Å². The van der Waals surface area contributed by atoms with Gasteiger partial charge in [0.15, 0.2) is 10.9 Å². The fourth-order valence-electron chi connectivity index (χ4n) is 1.51. The van der Waals surface area contributed by atoms with Crippen LogP contribution in [0, 0.1) is 11.3 Å². The van der Waals surface area contributed by atoms with Crippen molar-refractivity contribution in [1.82, 2.24) is 10.4 Å². The molecule has 1 unspecified atom stereocenters. The van der Waals surface area contributed by atoms with Gasteiger partial charge >= 0.3 is 0 Å². The normalized spacial score (nSPS) is 21.8. The van der Waals surface area contributed by atoms with E-state index >= 15 is 0 Å². The summed E-state index contributed by atoms with van der Waals surface area (Å²) in [5, 5.41) is 13.8. The minimum Gasteiger partial charge on any atom is -0.372 e. The van der Waals surface area contributed by atoms with Gasteiger partial charge in [0.2, 0.25) is 5.66 Å². The van der Waals surface area contributed by atoms with E-state index in [0.717, 1.165) is 5.06 Å². The zero-order chi connectivity index (χ0) is 15.1. The van der Waals surface area contributed by atoms with Gasteiger partial charge in [-0.2, -0.15) is 10.3 Å². The first-order valence-electron chi connectivity index (χ1n) is 5.16. The molecule has 20 heavy (non-hydrogen) atoms. The number of hydroxylamine groups is 2. The Kier molecular flexibility index (Phi) is 4.38. The van der Waals surface area contributed by atoms with Gasteiger partial charge in [-0.3, -0.25) is 0 Å². The molecule has 1 N–H and O–H groups in total. The van der Waals surface area contributed by atoms with Crippen LogP contribution in [0.5, 0.6) is 5.75 Å². The second-order valence-electron chi connectivity index (χ2n) is 4.00. The Bertz CT molecular complexity index is 618. The molecule has 0 saturated carbocycles. The van der Waals surface area contributed by atoms with E-state index in [0.29, 0.717) is 5.02 Å². The van der Waals surface area contributed by atoms with E-state index in [4.69, 9.17) is 62.8 Å². The zero-order valence-corrected chi connectivity index (χ0v) is 13.6. The van der Waals surface area contributed by atoms with E-state index in [1.54, 1.807) is 0 Å². The first kappa shape index (κ1) is 15.7. The maximum absolute atomic E-state index is 9.23. The molecule has 2 rings (SSSR count). The standard InChI is InChI=1S/C11H6Cl5N3O/c1-11(4-17)18-9(15)10(16)19(11)20-8-6(13)2-5(12)3-7(8)14/h2-3,18H,1H3. The third-order valence-electron chi connectivity index (χ3n) is 2.48. The predicted octanol–water partition coefficient (Wildman–Crippen LogP) is 4.69. The highest BCUT2D eigenvalue weighted by atomic mass is 35.5. The van der Waals surface area contributed by atoms with Crippen LogP contribution in [-0.4, -0.2) is 10.7 Å². The molecule has 0 amide bonds. The lowest BCUT2D eigenvalue weighted by molar-refractivity contribution is -0.0714. The fraction of sp³-hybridized carbons (Fsp3) is 0.182. The van der Waals surface area contributed by atoms with Crippen molar-refractivity contribution in [3.63, 3.8) is 0 Å². The number of nitrogens with zero attached hydrogens (tertiary/aromatic N) is 2. The molecule has 1 atom stereocenters. The summed E-state index contributed by atoms with van der Waals surface area (Å²) in [7, 11) is 0. The average Bonchev–Trinajstić information content (AvgIpc) is 2.57. The molecular formula is C11H6Cl5N3O. The summed E-state index contributed by atoms with van der Waals surface area (Å²) in [4.78, 5) is 5.53. The van der Waals surface area contributed by atoms with Gasteiger partial charge in [-0.05, 0) is 19.1 Å². The minimum absolute atomic E-state index is 0.0119. The molecule has 4 nitrogen and oxygen atoms in total. The summed E-state index contributed by atoms with van der Waals surface area (Å²) in [5.74, 6) is 0.116. The number of halogens is 5. The van der Waals surface area contributed by atoms with Crippen molar-refractivity contribution in [1.29, 1.82) is 5.26 Å². The Morgan fingerprint density at radius 1 is 1.20 bits per heavy atom. The molecular weight excluding hydrogens is 367 g/mol. The zero-order valence-electron chi connectivity index (χ0n) is 9.85. The molecule has 9 heteroatoms. The van der Waals surface area contributed by atoms with Gasteiger partial charge in [0.05, 0.1) is 10.0 Å². The summed E-state index contributed by atoms with van der Waals surface area (Å²) in [6.07, 6.45) is 0. The second kappa shape index (κ2) is 5.59. The van der Waals surface area contributed by atoms with E-state index in [-0.39, 0.29) is 26.1 Å². The maximum atomic E-state index is 9.23. The van der Waals surface area contributed by atoms with Gasteiger partial charge in [0, 0.05) is 5.02 Å². The smallest absolute Gasteiger partial charge is 0.232 e. The maximum Gasteiger partial charge on any atom is 0.232 e. The van der Waals surface area contributed by atoms with Gasteiger partial charge in [-0.25, -0.2) is 0 Å². The van der Waals surface area contributed by atoms with Gasteiger partial charge in [-0.15, -0.1) is 0 Å². The van der Waals surface area contributed by atoms with Crippen LogP contribution in [0.3, 0.4) is 0 Å². The summed E-state index contributed by atoms with van der Waals surface area (Å²) >= 11 is 29.7. The lowest BCUT2D eigenvalue weighted by atomic mass is 10.2. The molecule has 1 aromatic carbocycles. The van der Waals surface area contributed by atoms with Crippen molar-refractivity contribution in [2.24, 2.45) is 0 Å². The van der Waals surface area contributed by atoms with Crippen molar-refractivity contribution < 1.29 is 4.84 Å². The molecule has 106 valence electrons. The second-order valence-corrected chi connectivity index (χ2v) is 5.98. The molecule has 0 bridgehead atoms. The van der Waals surface area contributed by atoms with Crippen LogP contribution in [0.25, 0.3) is 0 Å². The molecule has 0 aliphatic carbocycles. The molecule has 0 fully saturated rings. The molecule has 0 spiro atoms. The number of rotatable bonds is 2. The lowest BCUT2D eigenvalue weighted by Gasteiger charge is -2.30. The van der Waals surface area contributed by atoms with E-state index < -0.39 is 5.66 Å². The molecule has 0 radical (unpaired) electrons. The van der Waals surface area contributed by atoms with Gasteiger partial charge in [-0.1, -0.05) is 58.0 Å². The summed E-state index contributed by atoms with van der Waals surface area (Å²) in [6.45, 7) is 1.53. The topological polar surface area (TPSA) is 48.3 Å². The average molecular weight is 373 g/mol. The monoisotopic (exact) mass is 371 g/mol. The van der Waals surface area contributed by atoms with Crippen molar-refractivity contribution in [2.75, 3.05) is 0 Å². The largest absolute Gasteiger partial charge is 0.372 e. The molecule has 1 heterocycles. The number of hydrogen-bond acceptors (Lipinski definition) is 4. The molecule has 0 aromatic heterocycles.